The topological polar surface area (TPSA) is 83.8 Å². The summed E-state index contributed by atoms with van der Waals surface area (Å²) in [4.78, 5) is 19.9. The highest BCUT2D eigenvalue weighted by molar-refractivity contribution is 5.85. The molecule has 0 aliphatic rings. The maximum Gasteiger partial charge on any atom is 0.166 e. The summed E-state index contributed by atoms with van der Waals surface area (Å²) >= 11 is 0. The molecule has 0 amide bonds. The Balaban J connectivity index is 1.66. The molecule has 0 fully saturated rings. The standard InChI is InChI=1S/C24H24F3N7/c1-13(2)34-12-31-21-23(32-22(33-24(21)34)14(3)7-17(26)11-28-4)29-6-5-15-10-30-20-18(15)8-16(25)9-19(20)27/h7-13,30H,4-6H2,1-3H3,(H,29,32,33)/b14-7+,17-11+. The van der Waals surface area contributed by atoms with Crippen LogP contribution < -0.4 is 5.32 Å². The number of H-pyrrole nitrogens is 1. The first-order valence-corrected chi connectivity index (χ1v) is 10.7. The zero-order valence-electron chi connectivity index (χ0n) is 19.0. The van der Waals surface area contributed by atoms with Crippen molar-refractivity contribution in [1.29, 1.82) is 0 Å². The fraction of sp³-hybridized carbons (Fsp3) is 0.250. The van der Waals surface area contributed by atoms with E-state index in [0.29, 0.717) is 46.7 Å². The average Bonchev–Trinajstić information content (AvgIpc) is 3.38. The number of aliphatic imine (C=N–C) groups is 1. The van der Waals surface area contributed by atoms with Gasteiger partial charge < -0.3 is 14.9 Å². The first-order valence-electron chi connectivity index (χ1n) is 10.7. The van der Waals surface area contributed by atoms with Crippen molar-refractivity contribution >= 4 is 40.2 Å². The Morgan fingerprint density at radius 1 is 1.29 bits per heavy atom. The molecule has 34 heavy (non-hydrogen) atoms. The second kappa shape index (κ2) is 9.50. The number of fused-ring (bicyclic) bond motifs is 2. The van der Waals surface area contributed by atoms with Crippen molar-refractivity contribution in [2.24, 2.45) is 4.99 Å². The molecule has 2 N–H and O–H groups in total. The van der Waals surface area contributed by atoms with Crippen molar-refractivity contribution in [3.05, 3.63) is 65.8 Å². The number of nitrogens with one attached hydrogen (secondary N) is 2. The predicted octanol–water partition coefficient (Wildman–Crippen LogP) is 5.74. The third-order valence-corrected chi connectivity index (χ3v) is 5.38. The van der Waals surface area contributed by atoms with Crippen LogP contribution in [0.2, 0.25) is 0 Å². The molecule has 3 heterocycles. The average molecular weight is 467 g/mol. The number of anilines is 1. The Bertz CT molecular complexity index is 1430. The summed E-state index contributed by atoms with van der Waals surface area (Å²) in [7, 11) is 0. The number of hydrogen-bond acceptors (Lipinski definition) is 5. The number of benzene rings is 1. The van der Waals surface area contributed by atoms with Crippen LogP contribution in [0.5, 0.6) is 0 Å². The zero-order chi connectivity index (χ0) is 24.4. The molecule has 0 saturated heterocycles. The SMILES string of the molecule is C=N/C=C(F)\C=C(/C)c1nc(NCCc2c[nH]c3c(F)cc(F)cc23)c2ncn(C(C)C)c2n1. The van der Waals surface area contributed by atoms with Crippen LogP contribution >= 0.6 is 0 Å². The molecular weight excluding hydrogens is 443 g/mol. The van der Waals surface area contributed by atoms with Crippen LogP contribution in [0.25, 0.3) is 27.6 Å². The number of aromatic amines is 1. The van der Waals surface area contributed by atoms with Gasteiger partial charge in [0.1, 0.15) is 23.0 Å². The minimum Gasteiger partial charge on any atom is -0.368 e. The van der Waals surface area contributed by atoms with Crippen molar-refractivity contribution in [1.82, 2.24) is 24.5 Å². The van der Waals surface area contributed by atoms with E-state index in [9.17, 15) is 13.2 Å². The summed E-state index contributed by atoms with van der Waals surface area (Å²) in [6.45, 7) is 9.38. The van der Waals surface area contributed by atoms with Gasteiger partial charge in [-0.05, 0) is 57.2 Å². The lowest BCUT2D eigenvalue weighted by molar-refractivity contribution is 0.591. The molecule has 3 aromatic heterocycles. The lowest BCUT2D eigenvalue weighted by atomic mass is 10.1. The van der Waals surface area contributed by atoms with Gasteiger partial charge in [0.15, 0.2) is 17.3 Å². The quantitative estimate of drug-likeness (QED) is 0.256. The lowest BCUT2D eigenvalue weighted by Crippen LogP contribution is -2.10. The Labute approximate surface area is 194 Å². The Morgan fingerprint density at radius 2 is 2.09 bits per heavy atom. The van der Waals surface area contributed by atoms with Gasteiger partial charge in [-0.1, -0.05) is 0 Å². The molecule has 0 bridgehead atoms. The van der Waals surface area contributed by atoms with Gasteiger partial charge in [-0.25, -0.2) is 28.1 Å². The molecule has 0 atom stereocenters. The van der Waals surface area contributed by atoms with Gasteiger partial charge in [0.05, 0.1) is 18.0 Å². The van der Waals surface area contributed by atoms with Crippen LogP contribution in [-0.2, 0) is 6.42 Å². The van der Waals surface area contributed by atoms with Crippen LogP contribution in [0, 0.1) is 11.6 Å². The van der Waals surface area contributed by atoms with Gasteiger partial charge in [-0.2, -0.15) is 0 Å². The van der Waals surface area contributed by atoms with Gasteiger partial charge in [-0.3, -0.25) is 4.99 Å². The van der Waals surface area contributed by atoms with E-state index < -0.39 is 17.5 Å². The van der Waals surface area contributed by atoms with Gasteiger partial charge in [0, 0.05) is 30.2 Å². The largest absolute Gasteiger partial charge is 0.368 e. The van der Waals surface area contributed by atoms with Crippen molar-refractivity contribution in [2.45, 2.75) is 33.2 Å². The van der Waals surface area contributed by atoms with Crippen LogP contribution in [-0.4, -0.2) is 37.8 Å². The fourth-order valence-corrected chi connectivity index (χ4v) is 3.72. The summed E-state index contributed by atoms with van der Waals surface area (Å²) in [5.41, 5.74) is 2.71. The third-order valence-electron chi connectivity index (χ3n) is 5.38. The van der Waals surface area contributed by atoms with Crippen molar-refractivity contribution in [2.75, 3.05) is 11.9 Å². The molecule has 1 aromatic carbocycles. The van der Waals surface area contributed by atoms with Gasteiger partial charge in [0.25, 0.3) is 0 Å². The summed E-state index contributed by atoms with van der Waals surface area (Å²) in [6.07, 6.45) is 6.12. The van der Waals surface area contributed by atoms with E-state index in [0.717, 1.165) is 17.8 Å². The second-order valence-corrected chi connectivity index (χ2v) is 8.14. The summed E-state index contributed by atoms with van der Waals surface area (Å²) in [6, 6.07) is 2.26. The molecule has 0 spiro atoms. The molecule has 176 valence electrons. The normalized spacial score (nSPS) is 12.8. The number of rotatable bonds is 8. The van der Waals surface area contributed by atoms with E-state index in [-0.39, 0.29) is 11.6 Å². The highest BCUT2D eigenvalue weighted by atomic mass is 19.1. The number of aromatic nitrogens is 5. The molecule has 0 aliphatic carbocycles. The van der Waals surface area contributed by atoms with E-state index in [1.54, 1.807) is 19.4 Å². The van der Waals surface area contributed by atoms with E-state index in [4.69, 9.17) is 0 Å². The first kappa shape index (κ1) is 23.2. The Morgan fingerprint density at radius 3 is 2.82 bits per heavy atom. The van der Waals surface area contributed by atoms with E-state index in [1.807, 2.05) is 18.4 Å². The molecule has 0 saturated carbocycles. The summed E-state index contributed by atoms with van der Waals surface area (Å²) < 4.78 is 43.5. The van der Waals surface area contributed by atoms with Crippen molar-refractivity contribution < 1.29 is 13.2 Å². The monoisotopic (exact) mass is 467 g/mol. The molecule has 0 radical (unpaired) electrons. The lowest BCUT2D eigenvalue weighted by Gasteiger charge is -2.11. The Kier molecular flexibility index (Phi) is 6.49. The molecule has 10 heteroatoms. The van der Waals surface area contributed by atoms with Crippen LogP contribution in [0.4, 0.5) is 19.0 Å². The molecular formula is C24H24F3N7. The zero-order valence-corrected chi connectivity index (χ0v) is 19.0. The van der Waals surface area contributed by atoms with Crippen LogP contribution in [0.3, 0.4) is 0 Å². The van der Waals surface area contributed by atoms with Gasteiger partial charge in [0.2, 0.25) is 0 Å². The summed E-state index contributed by atoms with van der Waals surface area (Å²) in [5, 5.41) is 3.75. The Hall–Kier alpha value is -3.95. The minimum atomic E-state index is -0.634. The summed E-state index contributed by atoms with van der Waals surface area (Å²) in [5.74, 6) is -1.01. The van der Waals surface area contributed by atoms with E-state index >= 15 is 0 Å². The smallest absolute Gasteiger partial charge is 0.166 e. The maximum absolute atomic E-state index is 14.0. The number of allylic oxidation sites excluding steroid dienone is 3. The number of imidazole rings is 1. The second-order valence-electron chi connectivity index (χ2n) is 8.14. The fourth-order valence-electron chi connectivity index (χ4n) is 3.72. The number of halogens is 3. The van der Waals surface area contributed by atoms with Crippen molar-refractivity contribution in [3.8, 4) is 0 Å². The molecule has 4 rings (SSSR count). The van der Waals surface area contributed by atoms with Crippen LogP contribution in [0.1, 0.15) is 38.2 Å². The molecule has 4 aromatic rings. The van der Waals surface area contributed by atoms with E-state index in [1.165, 1.54) is 12.1 Å². The third kappa shape index (κ3) is 4.57. The van der Waals surface area contributed by atoms with Gasteiger partial charge >= 0.3 is 0 Å². The molecule has 7 nitrogen and oxygen atoms in total. The molecule has 0 aliphatic heterocycles. The minimum absolute atomic E-state index is 0.0995. The van der Waals surface area contributed by atoms with E-state index in [2.05, 4.69) is 37.0 Å². The highest BCUT2D eigenvalue weighted by Crippen LogP contribution is 2.26. The predicted molar refractivity (Wildman–Crippen MR) is 129 cm³/mol. The number of hydrogen-bond donors (Lipinski definition) is 2. The maximum atomic E-state index is 14.0. The van der Waals surface area contributed by atoms with Crippen molar-refractivity contribution in [3.63, 3.8) is 0 Å². The first-order chi connectivity index (χ1) is 16.3. The molecule has 0 unspecified atom stereocenters. The van der Waals surface area contributed by atoms with Crippen LogP contribution in [0.15, 0.2) is 47.8 Å². The van der Waals surface area contributed by atoms with Gasteiger partial charge in [-0.15, -0.1) is 0 Å². The highest BCUT2D eigenvalue weighted by Gasteiger charge is 2.16. The number of nitrogens with zero attached hydrogens (tertiary/aromatic N) is 5.